The lowest BCUT2D eigenvalue weighted by atomic mass is 10.00. The molecule has 5 rings (SSSR count). The number of amides is 1. The van der Waals surface area contributed by atoms with E-state index in [4.69, 9.17) is 4.74 Å². The predicted octanol–water partition coefficient (Wildman–Crippen LogP) is 4.04. The predicted molar refractivity (Wildman–Crippen MR) is 130 cm³/mol. The molecular formula is C26H35N5O2. The van der Waals surface area contributed by atoms with E-state index in [-0.39, 0.29) is 5.91 Å². The van der Waals surface area contributed by atoms with E-state index >= 15 is 0 Å². The molecule has 2 saturated heterocycles. The summed E-state index contributed by atoms with van der Waals surface area (Å²) in [5.74, 6) is 3.28. The second kappa shape index (κ2) is 10.2. The normalized spacial score (nSPS) is 25.7. The fraction of sp³-hybridized carbons (Fsp3) is 0.577. The van der Waals surface area contributed by atoms with Gasteiger partial charge in [0.25, 0.3) is 0 Å². The van der Waals surface area contributed by atoms with Gasteiger partial charge < -0.3 is 20.3 Å². The third-order valence-electron chi connectivity index (χ3n) is 7.46. The van der Waals surface area contributed by atoms with Crippen molar-refractivity contribution in [2.75, 3.05) is 43.5 Å². The van der Waals surface area contributed by atoms with E-state index in [1.165, 1.54) is 45.3 Å². The number of likely N-dealkylation sites (tertiary alicyclic amines) is 1. The Kier molecular flexibility index (Phi) is 6.88. The number of hydrogen-bond acceptors (Lipinski definition) is 6. The van der Waals surface area contributed by atoms with Crippen LogP contribution >= 0.6 is 0 Å². The first kappa shape index (κ1) is 22.3. The van der Waals surface area contributed by atoms with Gasteiger partial charge in [-0.3, -0.25) is 4.79 Å². The van der Waals surface area contributed by atoms with Gasteiger partial charge in [-0.25, -0.2) is 0 Å². The highest BCUT2D eigenvalue weighted by molar-refractivity contribution is 5.91. The maximum atomic E-state index is 11.7. The van der Waals surface area contributed by atoms with Crippen molar-refractivity contribution >= 4 is 17.4 Å². The van der Waals surface area contributed by atoms with Gasteiger partial charge in [-0.1, -0.05) is 19.1 Å². The Labute approximate surface area is 196 Å². The smallest absolute Gasteiger partial charge is 0.224 e. The summed E-state index contributed by atoms with van der Waals surface area (Å²) in [4.78, 5) is 14.4. The van der Waals surface area contributed by atoms with Crippen molar-refractivity contribution in [3.63, 3.8) is 0 Å². The summed E-state index contributed by atoms with van der Waals surface area (Å²) in [5, 5.41) is 15.4. The topological polar surface area (TPSA) is 79.4 Å². The van der Waals surface area contributed by atoms with Crippen molar-refractivity contribution in [2.24, 2.45) is 17.8 Å². The number of nitrogens with zero attached hydrogens (tertiary/aromatic N) is 3. The van der Waals surface area contributed by atoms with Gasteiger partial charge >= 0.3 is 0 Å². The fourth-order valence-corrected chi connectivity index (χ4v) is 5.74. The van der Waals surface area contributed by atoms with Crippen LogP contribution in [0.4, 0.5) is 11.5 Å². The number of carbonyl (C=O) groups is 1. The molecule has 2 N–H and O–H groups in total. The van der Waals surface area contributed by atoms with Crippen molar-refractivity contribution in [1.82, 2.24) is 15.1 Å². The van der Waals surface area contributed by atoms with Crippen LogP contribution in [0.1, 0.15) is 39.0 Å². The second-order valence-corrected chi connectivity index (χ2v) is 9.89. The molecule has 2 aliphatic heterocycles. The molecular weight excluding hydrogens is 414 g/mol. The van der Waals surface area contributed by atoms with E-state index in [2.05, 4.69) is 25.7 Å². The van der Waals surface area contributed by atoms with Gasteiger partial charge in [-0.2, -0.15) is 0 Å². The highest BCUT2D eigenvalue weighted by Gasteiger charge is 2.41. The molecule has 33 heavy (non-hydrogen) atoms. The number of hydrogen-bond donors (Lipinski definition) is 2. The van der Waals surface area contributed by atoms with Gasteiger partial charge in [0.05, 0.1) is 5.69 Å². The summed E-state index contributed by atoms with van der Waals surface area (Å²) < 4.78 is 5.51. The zero-order valence-corrected chi connectivity index (χ0v) is 19.5. The van der Waals surface area contributed by atoms with Crippen LogP contribution in [0.25, 0.3) is 11.3 Å². The minimum absolute atomic E-state index is 0.00539. The van der Waals surface area contributed by atoms with Gasteiger partial charge in [0, 0.05) is 56.6 Å². The number of rotatable bonds is 7. The monoisotopic (exact) mass is 449 g/mol. The Morgan fingerprint density at radius 2 is 1.88 bits per heavy atom. The highest BCUT2D eigenvalue weighted by Crippen LogP contribution is 2.39. The van der Waals surface area contributed by atoms with Gasteiger partial charge in [-0.05, 0) is 67.7 Å². The number of benzene rings is 1. The minimum Gasteiger partial charge on any atom is -0.381 e. The molecule has 176 valence electrons. The van der Waals surface area contributed by atoms with Gasteiger partial charge in [0.1, 0.15) is 5.82 Å². The molecule has 2 aromatic rings. The Hall–Kier alpha value is -2.51. The van der Waals surface area contributed by atoms with Gasteiger partial charge in [-0.15, -0.1) is 10.2 Å². The Balaban J connectivity index is 1.12. The van der Waals surface area contributed by atoms with Crippen molar-refractivity contribution in [3.8, 4) is 11.3 Å². The first-order valence-corrected chi connectivity index (χ1v) is 12.5. The molecule has 1 amide bonds. The zero-order valence-electron chi connectivity index (χ0n) is 19.5. The van der Waals surface area contributed by atoms with Crippen LogP contribution in [0.3, 0.4) is 0 Å². The van der Waals surface area contributed by atoms with Gasteiger partial charge in [0.2, 0.25) is 5.91 Å². The molecule has 1 aromatic heterocycles. The molecule has 7 heteroatoms. The third-order valence-corrected chi connectivity index (χ3v) is 7.46. The van der Waals surface area contributed by atoms with E-state index in [0.29, 0.717) is 12.5 Å². The molecule has 0 spiro atoms. The van der Waals surface area contributed by atoms with E-state index in [9.17, 15) is 4.79 Å². The first-order valence-electron chi connectivity index (χ1n) is 12.5. The van der Waals surface area contributed by atoms with Crippen LogP contribution in [0, 0.1) is 17.8 Å². The Bertz CT molecular complexity index is 930. The molecule has 0 radical (unpaired) electrons. The number of anilines is 2. The number of carbonyl (C=O) groups excluding carboxylic acids is 1. The van der Waals surface area contributed by atoms with Crippen LogP contribution < -0.4 is 10.6 Å². The number of fused-ring (bicyclic) bond motifs is 1. The largest absolute Gasteiger partial charge is 0.381 e. The lowest BCUT2D eigenvalue weighted by Crippen LogP contribution is -2.32. The van der Waals surface area contributed by atoms with Crippen LogP contribution in [0.5, 0.6) is 0 Å². The molecule has 7 nitrogen and oxygen atoms in total. The van der Waals surface area contributed by atoms with Crippen molar-refractivity contribution in [1.29, 1.82) is 0 Å². The fourth-order valence-electron chi connectivity index (χ4n) is 5.74. The number of aromatic nitrogens is 2. The SMILES string of the molecule is CCC(=O)Nc1cccc(-c2ccc(NC3C[C@@H]4CN(CC5CCOCC5)C[C@@H]4C3)nn2)c1. The van der Waals surface area contributed by atoms with E-state index in [0.717, 1.165) is 53.7 Å². The average molecular weight is 450 g/mol. The van der Waals surface area contributed by atoms with Crippen LogP contribution in [-0.2, 0) is 9.53 Å². The first-order chi connectivity index (χ1) is 16.2. The summed E-state index contributed by atoms with van der Waals surface area (Å²) in [6.07, 6.45) is 5.35. The molecule has 3 fully saturated rings. The Morgan fingerprint density at radius 1 is 1.09 bits per heavy atom. The second-order valence-electron chi connectivity index (χ2n) is 9.89. The maximum absolute atomic E-state index is 11.7. The lowest BCUT2D eigenvalue weighted by molar-refractivity contribution is -0.115. The summed E-state index contributed by atoms with van der Waals surface area (Å²) in [6.45, 7) is 7.48. The molecule has 3 aliphatic rings. The van der Waals surface area contributed by atoms with Crippen LogP contribution in [-0.4, -0.2) is 59.9 Å². The van der Waals surface area contributed by atoms with Crippen LogP contribution in [0.2, 0.25) is 0 Å². The van der Waals surface area contributed by atoms with E-state index < -0.39 is 0 Å². The number of nitrogens with one attached hydrogen (secondary N) is 2. The third kappa shape index (κ3) is 5.53. The van der Waals surface area contributed by atoms with Crippen molar-refractivity contribution < 1.29 is 9.53 Å². The average Bonchev–Trinajstić information content (AvgIpc) is 3.38. The number of ether oxygens (including phenoxy) is 1. The standard InChI is InChI=1S/C26H35N5O2/c1-2-26(32)28-22-5-3-4-19(12-22)24-6-7-25(30-29-24)27-23-13-20-16-31(17-21(20)14-23)15-18-8-10-33-11-9-18/h3-7,12,18,20-21,23H,2,8-11,13-17H2,1H3,(H,27,30)(H,28,32)/t20-,21+,23?. The molecule has 1 aromatic carbocycles. The quantitative estimate of drug-likeness (QED) is 0.664. The Morgan fingerprint density at radius 3 is 2.58 bits per heavy atom. The maximum Gasteiger partial charge on any atom is 0.224 e. The zero-order chi connectivity index (χ0) is 22.6. The molecule has 1 unspecified atom stereocenters. The van der Waals surface area contributed by atoms with Crippen molar-refractivity contribution in [3.05, 3.63) is 36.4 Å². The van der Waals surface area contributed by atoms with Gasteiger partial charge in [0.15, 0.2) is 0 Å². The summed E-state index contributed by atoms with van der Waals surface area (Å²) in [5.41, 5.74) is 2.54. The minimum atomic E-state index is 0.00539. The molecule has 1 saturated carbocycles. The van der Waals surface area contributed by atoms with E-state index in [1.807, 2.05) is 43.3 Å². The lowest BCUT2D eigenvalue weighted by Gasteiger charge is -2.27. The molecule has 3 heterocycles. The summed E-state index contributed by atoms with van der Waals surface area (Å²) >= 11 is 0. The molecule has 3 atom stereocenters. The van der Waals surface area contributed by atoms with Crippen molar-refractivity contribution in [2.45, 2.75) is 45.1 Å². The summed E-state index contributed by atoms with van der Waals surface area (Å²) in [6, 6.07) is 12.3. The molecule has 1 aliphatic carbocycles. The summed E-state index contributed by atoms with van der Waals surface area (Å²) in [7, 11) is 0. The molecule has 0 bridgehead atoms. The highest BCUT2D eigenvalue weighted by atomic mass is 16.5. The van der Waals surface area contributed by atoms with E-state index in [1.54, 1.807) is 0 Å². The van der Waals surface area contributed by atoms with Crippen LogP contribution in [0.15, 0.2) is 36.4 Å².